The van der Waals surface area contributed by atoms with E-state index in [-0.39, 0.29) is 12.4 Å². The second kappa shape index (κ2) is 9.50. The Bertz CT molecular complexity index is 1090. The van der Waals surface area contributed by atoms with Crippen molar-refractivity contribution < 1.29 is 23.9 Å². The second-order valence-corrected chi connectivity index (χ2v) is 7.60. The van der Waals surface area contributed by atoms with Crippen LogP contribution in [0.25, 0.3) is 0 Å². The Labute approximate surface area is 182 Å². The number of ether oxygens (including phenoxy) is 2. The van der Waals surface area contributed by atoms with Crippen LogP contribution in [0.15, 0.2) is 71.2 Å². The van der Waals surface area contributed by atoms with Gasteiger partial charge < -0.3 is 9.47 Å². The van der Waals surface area contributed by atoms with Crippen LogP contribution >= 0.6 is 15.9 Å². The maximum atomic E-state index is 12.3. The highest BCUT2D eigenvalue weighted by Crippen LogP contribution is 2.19. The van der Waals surface area contributed by atoms with Crippen molar-refractivity contribution in [2.45, 2.75) is 13.8 Å². The van der Waals surface area contributed by atoms with E-state index in [9.17, 15) is 14.4 Å². The van der Waals surface area contributed by atoms with Crippen LogP contribution in [-0.2, 0) is 4.74 Å². The minimum Gasteiger partial charge on any atom is -0.454 e. The van der Waals surface area contributed by atoms with E-state index in [1.165, 1.54) is 24.3 Å². The molecule has 3 aromatic rings. The lowest BCUT2D eigenvalue weighted by Gasteiger charge is -2.07. The van der Waals surface area contributed by atoms with E-state index in [4.69, 9.17) is 9.47 Å². The summed E-state index contributed by atoms with van der Waals surface area (Å²) in [5, 5.41) is 0. The summed E-state index contributed by atoms with van der Waals surface area (Å²) in [6.45, 7) is 3.46. The quantitative estimate of drug-likeness (QED) is 0.279. The second-order valence-electron chi connectivity index (χ2n) is 6.74. The first-order valence-corrected chi connectivity index (χ1v) is 9.98. The molecule has 0 bridgehead atoms. The van der Waals surface area contributed by atoms with Crippen LogP contribution in [-0.4, -0.2) is 24.3 Å². The first-order valence-electron chi connectivity index (χ1n) is 9.19. The van der Waals surface area contributed by atoms with E-state index < -0.39 is 11.9 Å². The van der Waals surface area contributed by atoms with Crippen molar-refractivity contribution in [3.8, 4) is 5.75 Å². The molecule has 3 rings (SSSR count). The monoisotopic (exact) mass is 466 g/mol. The van der Waals surface area contributed by atoms with Gasteiger partial charge in [0.1, 0.15) is 5.75 Å². The van der Waals surface area contributed by atoms with Gasteiger partial charge in [0.15, 0.2) is 12.4 Å². The van der Waals surface area contributed by atoms with Crippen LogP contribution in [0.2, 0.25) is 0 Å². The van der Waals surface area contributed by atoms with Crippen molar-refractivity contribution >= 4 is 33.7 Å². The summed E-state index contributed by atoms with van der Waals surface area (Å²) in [5.74, 6) is -1.09. The maximum Gasteiger partial charge on any atom is 0.343 e. The van der Waals surface area contributed by atoms with Gasteiger partial charge in [0, 0.05) is 10.0 Å². The Morgan fingerprint density at radius 2 is 1.37 bits per heavy atom. The molecule has 0 fully saturated rings. The minimum absolute atomic E-state index is 0.318. The Kier molecular flexibility index (Phi) is 6.79. The summed E-state index contributed by atoms with van der Waals surface area (Å²) in [4.78, 5) is 36.6. The highest BCUT2D eigenvalue weighted by Gasteiger charge is 2.14. The predicted molar refractivity (Wildman–Crippen MR) is 116 cm³/mol. The maximum absolute atomic E-state index is 12.3. The van der Waals surface area contributed by atoms with Crippen LogP contribution in [0, 0.1) is 13.8 Å². The molecule has 0 N–H and O–H groups in total. The molecule has 3 aromatic carbocycles. The van der Waals surface area contributed by atoms with E-state index in [1.807, 2.05) is 26.0 Å². The summed E-state index contributed by atoms with van der Waals surface area (Å²) in [6, 6.07) is 18.2. The molecule has 0 heterocycles. The third-order valence-corrected chi connectivity index (χ3v) is 5.27. The van der Waals surface area contributed by atoms with Gasteiger partial charge in [-0.15, -0.1) is 0 Å². The normalized spacial score (nSPS) is 10.4. The SMILES string of the molecule is Cc1ccc(C(=O)Oc2ccc(C(=O)COC(=O)c3ccc(C)c(Br)c3)cc2)cc1. The van der Waals surface area contributed by atoms with Gasteiger partial charge in [0.25, 0.3) is 0 Å². The van der Waals surface area contributed by atoms with Gasteiger partial charge in [-0.3, -0.25) is 4.79 Å². The van der Waals surface area contributed by atoms with Crippen molar-refractivity contribution in [3.63, 3.8) is 0 Å². The van der Waals surface area contributed by atoms with Gasteiger partial charge in [-0.2, -0.15) is 0 Å². The summed E-state index contributed by atoms with van der Waals surface area (Å²) in [6.07, 6.45) is 0. The number of Topliss-reactive ketones (excluding diaryl/α,β-unsaturated/α-hetero) is 1. The molecule has 5 nitrogen and oxygen atoms in total. The number of ketones is 1. The standard InChI is InChI=1S/C24H19BrO5/c1-15-3-6-18(7-4-15)24(28)30-20-11-9-17(10-12-20)22(26)14-29-23(27)19-8-5-16(2)21(25)13-19/h3-13H,14H2,1-2H3. The molecule has 0 aliphatic heterocycles. The van der Waals surface area contributed by atoms with E-state index in [2.05, 4.69) is 15.9 Å². The Balaban J connectivity index is 1.56. The van der Waals surface area contributed by atoms with E-state index in [1.54, 1.807) is 30.3 Å². The van der Waals surface area contributed by atoms with Crippen LogP contribution in [0.4, 0.5) is 0 Å². The lowest BCUT2D eigenvalue weighted by atomic mass is 10.1. The molecule has 0 saturated heterocycles. The molecule has 0 radical (unpaired) electrons. The van der Waals surface area contributed by atoms with Gasteiger partial charge in [-0.05, 0) is 67.9 Å². The number of carbonyl (C=O) groups is 3. The third kappa shape index (κ3) is 5.42. The average molecular weight is 467 g/mol. The molecule has 152 valence electrons. The molecule has 0 atom stereocenters. The molecule has 30 heavy (non-hydrogen) atoms. The summed E-state index contributed by atoms with van der Waals surface area (Å²) in [5.41, 5.74) is 3.19. The van der Waals surface area contributed by atoms with Crippen LogP contribution in [0.1, 0.15) is 42.2 Å². The molecular formula is C24H19BrO5. The molecule has 0 aliphatic carbocycles. The van der Waals surface area contributed by atoms with E-state index >= 15 is 0 Å². The number of halogens is 1. The lowest BCUT2D eigenvalue weighted by molar-refractivity contribution is 0.0474. The highest BCUT2D eigenvalue weighted by molar-refractivity contribution is 9.10. The highest BCUT2D eigenvalue weighted by atomic mass is 79.9. The summed E-state index contributed by atoms with van der Waals surface area (Å²) >= 11 is 3.36. The van der Waals surface area contributed by atoms with E-state index in [0.29, 0.717) is 22.4 Å². The smallest absolute Gasteiger partial charge is 0.343 e. The van der Waals surface area contributed by atoms with Crippen molar-refractivity contribution in [2.75, 3.05) is 6.61 Å². The predicted octanol–water partition coefficient (Wildman–Crippen LogP) is 5.32. The lowest BCUT2D eigenvalue weighted by Crippen LogP contribution is -2.14. The first-order chi connectivity index (χ1) is 14.3. The molecule has 0 unspecified atom stereocenters. The van der Waals surface area contributed by atoms with Crippen molar-refractivity contribution in [1.29, 1.82) is 0 Å². The topological polar surface area (TPSA) is 69.7 Å². The molecule has 0 saturated carbocycles. The van der Waals surface area contributed by atoms with E-state index in [0.717, 1.165) is 15.6 Å². The molecule has 0 aromatic heterocycles. The van der Waals surface area contributed by atoms with Crippen molar-refractivity contribution in [1.82, 2.24) is 0 Å². The van der Waals surface area contributed by atoms with Gasteiger partial charge >= 0.3 is 11.9 Å². The fraction of sp³-hybridized carbons (Fsp3) is 0.125. The number of rotatable bonds is 6. The fourth-order valence-electron chi connectivity index (χ4n) is 2.58. The molecule has 6 heteroatoms. The number of hydrogen-bond donors (Lipinski definition) is 0. The molecular weight excluding hydrogens is 448 g/mol. The molecule has 0 spiro atoms. The third-order valence-electron chi connectivity index (χ3n) is 4.42. The fourth-order valence-corrected chi connectivity index (χ4v) is 2.96. The summed E-state index contributed by atoms with van der Waals surface area (Å²) in [7, 11) is 0. The van der Waals surface area contributed by atoms with Crippen molar-refractivity contribution in [2.24, 2.45) is 0 Å². The zero-order valence-electron chi connectivity index (χ0n) is 16.5. The molecule has 0 amide bonds. The van der Waals surface area contributed by atoms with Crippen LogP contribution in [0.5, 0.6) is 5.75 Å². The zero-order valence-corrected chi connectivity index (χ0v) is 18.1. The van der Waals surface area contributed by atoms with Gasteiger partial charge in [-0.1, -0.05) is 39.7 Å². The largest absolute Gasteiger partial charge is 0.454 e. The Morgan fingerprint density at radius 3 is 2.00 bits per heavy atom. The molecule has 0 aliphatic rings. The Morgan fingerprint density at radius 1 is 0.767 bits per heavy atom. The number of hydrogen-bond acceptors (Lipinski definition) is 5. The van der Waals surface area contributed by atoms with Crippen LogP contribution in [0.3, 0.4) is 0 Å². The average Bonchev–Trinajstić information content (AvgIpc) is 2.74. The van der Waals surface area contributed by atoms with Gasteiger partial charge in [0.2, 0.25) is 0 Å². The number of carbonyl (C=O) groups excluding carboxylic acids is 3. The minimum atomic E-state index is -0.576. The van der Waals surface area contributed by atoms with Gasteiger partial charge in [-0.25, -0.2) is 9.59 Å². The van der Waals surface area contributed by atoms with Crippen LogP contribution < -0.4 is 4.74 Å². The number of benzene rings is 3. The zero-order chi connectivity index (χ0) is 21.7. The number of aryl methyl sites for hydroxylation is 2. The summed E-state index contributed by atoms with van der Waals surface area (Å²) < 4.78 is 11.2. The van der Waals surface area contributed by atoms with Gasteiger partial charge in [0.05, 0.1) is 11.1 Å². The van der Waals surface area contributed by atoms with Crippen molar-refractivity contribution in [3.05, 3.63) is 99.0 Å². The first kappa shape index (κ1) is 21.5. The Hall–Kier alpha value is -3.25. The number of esters is 2.